The third kappa shape index (κ3) is 4.25. The number of nitrogens with one attached hydrogen (secondary N) is 2. The number of hydrogen-bond acceptors (Lipinski definition) is 3. The third-order valence-electron chi connectivity index (χ3n) is 2.18. The zero-order chi connectivity index (χ0) is 13.5. The molecule has 0 fully saturated rings. The minimum absolute atomic E-state index is 0.0312. The number of para-hydroxylation sites is 1. The number of carboxylic acids is 1. The molecule has 0 aliphatic carbocycles. The van der Waals surface area contributed by atoms with Gasteiger partial charge in [-0.15, -0.1) is 0 Å². The Labute approximate surface area is 104 Å². The summed E-state index contributed by atoms with van der Waals surface area (Å²) in [5.41, 5.74) is 0.809. The van der Waals surface area contributed by atoms with Gasteiger partial charge in [0.2, 0.25) is 0 Å². The molecular weight excluding hydrogens is 236 g/mol. The van der Waals surface area contributed by atoms with Crippen molar-refractivity contribution in [2.24, 2.45) is 0 Å². The number of amides is 2. The van der Waals surface area contributed by atoms with E-state index in [4.69, 9.17) is 5.11 Å². The van der Waals surface area contributed by atoms with Gasteiger partial charge in [-0.2, -0.15) is 0 Å². The molecular formula is C12H14N2O4. The van der Waals surface area contributed by atoms with Crippen molar-refractivity contribution in [3.05, 3.63) is 29.8 Å². The number of carboxylic acid groups (broad SMARTS) is 1. The second-order valence-electron chi connectivity index (χ2n) is 3.63. The summed E-state index contributed by atoms with van der Waals surface area (Å²) < 4.78 is 0. The van der Waals surface area contributed by atoms with Crippen LogP contribution in [-0.2, 0) is 4.79 Å². The van der Waals surface area contributed by atoms with Gasteiger partial charge in [0.15, 0.2) is 5.78 Å². The maximum absolute atomic E-state index is 11.4. The Morgan fingerprint density at radius 3 is 2.50 bits per heavy atom. The molecule has 3 N–H and O–H groups in total. The molecule has 0 aromatic heterocycles. The molecule has 0 atom stereocenters. The highest BCUT2D eigenvalue weighted by Gasteiger charge is 2.09. The second kappa shape index (κ2) is 6.39. The number of aliphatic carboxylic acids is 1. The molecule has 1 rings (SSSR count). The van der Waals surface area contributed by atoms with Crippen LogP contribution in [0.3, 0.4) is 0 Å². The van der Waals surface area contributed by atoms with Crippen LogP contribution in [0.2, 0.25) is 0 Å². The fraction of sp³-hybridized carbons (Fsp3) is 0.250. The predicted molar refractivity (Wildman–Crippen MR) is 65.7 cm³/mol. The van der Waals surface area contributed by atoms with Gasteiger partial charge < -0.3 is 15.7 Å². The Hall–Kier alpha value is -2.37. The van der Waals surface area contributed by atoms with E-state index in [-0.39, 0.29) is 18.7 Å². The predicted octanol–water partition coefficient (Wildman–Crippen LogP) is 1.49. The van der Waals surface area contributed by atoms with E-state index in [9.17, 15) is 14.4 Å². The van der Waals surface area contributed by atoms with E-state index >= 15 is 0 Å². The van der Waals surface area contributed by atoms with Crippen molar-refractivity contribution < 1.29 is 19.5 Å². The summed E-state index contributed by atoms with van der Waals surface area (Å²) in [6.07, 6.45) is -0.151. The van der Waals surface area contributed by atoms with Gasteiger partial charge in [-0.3, -0.25) is 9.59 Å². The fourth-order valence-corrected chi connectivity index (χ4v) is 1.35. The standard InChI is InChI=1S/C12H14N2O4/c1-8(15)9-4-2-3-5-10(9)14-12(18)13-7-6-11(16)17/h2-5H,6-7H2,1H3,(H,16,17)(H2,13,14,18). The number of ketones is 1. The Bertz CT molecular complexity index is 471. The SMILES string of the molecule is CC(=O)c1ccccc1NC(=O)NCCC(=O)O. The molecule has 0 saturated heterocycles. The molecule has 0 aliphatic heterocycles. The lowest BCUT2D eigenvalue weighted by Crippen LogP contribution is -2.31. The number of benzene rings is 1. The maximum atomic E-state index is 11.4. The van der Waals surface area contributed by atoms with Crippen LogP contribution in [0.25, 0.3) is 0 Å². The van der Waals surface area contributed by atoms with E-state index in [0.717, 1.165) is 0 Å². The van der Waals surface area contributed by atoms with Crippen molar-refractivity contribution in [3.8, 4) is 0 Å². The topological polar surface area (TPSA) is 95.5 Å². The van der Waals surface area contributed by atoms with E-state index in [1.165, 1.54) is 6.92 Å². The van der Waals surface area contributed by atoms with Crippen molar-refractivity contribution in [2.75, 3.05) is 11.9 Å². The molecule has 6 heteroatoms. The number of hydrogen-bond donors (Lipinski definition) is 3. The molecule has 1 aromatic rings. The van der Waals surface area contributed by atoms with Gasteiger partial charge in [-0.05, 0) is 19.1 Å². The molecule has 0 saturated carbocycles. The average Bonchev–Trinajstić information content (AvgIpc) is 2.28. The zero-order valence-corrected chi connectivity index (χ0v) is 9.90. The van der Waals surface area contributed by atoms with Crippen LogP contribution in [0.1, 0.15) is 23.7 Å². The Balaban J connectivity index is 2.59. The number of carbonyl (C=O) groups is 3. The van der Waals surface area contributed by atoms with Crippen molar-refractivity contribution in [1.29, 1.82) is 0 Å². The van der Waals surface area contributed by atoms with E-state index in [0.29, 0.717) is 11.3 Å². The highest BCUT2D eigenvalue weighted by atomic mass is 16.4. The molecule has 6 nitrogen and oxygen atoms in total. The first-order chi connectivity index (χ1) is 8.50. The lowest BCUT2D eigenvalue weighted by Gasteiger charge is -2.09. The van der Waals surface area contributed by atoms with Gasteiger partial charge in [-0.25, -0.2) is 4.79 Å². The van der Waals surface area contributed by atoms with Gasteiger partial charge >= 0.3 is 12.0 Å². The van der Waals surface area contributed by atoms with Gasteiger partial charge in [0.25, 0.3) is 0 Å². The molecule has 0 radical (unpaired) electrons. The van der Waals surface area contributed by atoms with Crippen LogP contribution in [0.4, 0.5) is 10.5 Å². The van der Waals surface area contributed by atoms with E-state index in [1.54, 1.807) is 24.3 Å². The number of carbonyl (C=O) groups excluding carboxylic acids is 2. The van der Waals surface area contributed by atoms with Gasteiger partial charge in [-0.1, -0.05) is 12.1 Å². The Kier molecular flexibility index (Phi) is 4.86. The quantitative estimate of drug-likeness (QED) is 0.690. The van der Waals surface area contributed by atoms with Gasteiger partial charge in [0.1, 0.15) is 0 Å². The lowest BCUT2D eigenvalue weighted by atomic mass is 10.1. The van der Waals surface area contributed by atoms with Gasteiger partial charge in [0, 0.05) is 12.1 Å². The smallest absolute Gasteiger partial charge is 0.319 e. The second-order valence-corrected chi connectivity index (χ2v) is 3.63. The van der Waals surface area contributed by atoms with E-state index in [2.05, 4.69) is 10.6 Å². The third-order valence-corrected chi connectivity index (χ3v) is 2.18. The summed E-state index contributed by atoms with van der Waals surface area (Å²) in [6.45, 7) is 1.44. The van der Waals surface area contributed by atoms with E-state index in [1.807, 2.05) is 0 Å². The fourth-order valence-electron chi connectivity index (χ4n) is 1.35. The first-order valence-electron chi connectivity index (χ1n) is 5.37. The van der Waals surface area contributed by atoms with Crippen LogP contribution in [-0.4, -0.2) is 29.4 Å². The van der Waals surface area contributed by atoms with Crippen LogP contribution in [0.5, 0.6) is 0 Å². The first kappa shape index (κ1) is 13.7. The monoisotopic (exact) mass is 250 g/mol. The summed E-state index contributed by atoms with van der Waals surface area (Å²) in [6, 6.07) is 6.07. The molecule has 2 amide bonds. The summed E-state index contributed by atoms with van der Waals surface area (Å²) in [5, 5.41) is 13.3. The van der Waals surface area contributed by atoms with Crippen LogP contribution in [0, 0.1) is 0 Å². The summed E-state index contributed by atoms with van der Waals surface area (Å²) in [7, 11) is 0. The minimum atomic E-state index is -0.987. The molecule has 18 heavy (non-hydrogen) atoms. The normalized spacial score (nSPS) is 9.61. The molecule has 96 valence electrons. The number of anilines is 1. The number of rotatable bonds is 5. The highest BCUT2D eigenvalue weighted by Crippen LogP contribution is 2.15. The van der Waals surface area contributed by atoms with Crippen LogP contribution in [0.15, 0.2) is 24.3 Å². The Morgan fingerprint density at radius 2 is 1.89 bits per heavy atom. The van der Waals surface area contributed by atoms with Crippen molar-refractivity contribution in [1.82, 2.24) is 5.32 Å². The van der Waals surface area contributed by atoms with Crippen LogP contribution >= 0.6 is 0 Å². The molecule has 0 spiro atoms. The van der Waals surface area contributed by atoms with E-state index < -0.39 is 12.0 Å². The first-order valence-corrected chi connectivity index (χ1v) is 5.37. The molecule has 0 bridgehead atoms. The Morgan fingerprint density at radius 1 is 1.22 bits per heavy atom. The van der Waals surface area contributed by atoms with Crippen molar-refractivity contribution in [3.63, 3.8) is 0 Å². The summed E-state index contributed by atoms with van der Waals surface area (Å²) in [4.78, 5) is 33.0. The number of urea groups is 1. The highest BCUT2D eigenvalue weighted by molar-refractivity contribution is 6.03. The van der Waals surface area contributed by atoms with Gasteiger partial charge in [0.05, 0.1) is 12.1 Å². The molecule has 0 unspecified atom stereocenters. The largest absolute Gasteiger partial charge is 0.481 e. The lowest BCUT2D eigenvalue weighted by molar-refractivity contribution is -0.136. The minimum Gasteiger partial charge on any atom is -0.481 e. The average molecular weight is 250 g/mol. The summed E-state index contributed by atoms with van der Waals surface area (Å²) >= 11 is 0. The molecule has 1 aromatic carbocycles. The summed E-state index contributed by atoms with van der Waals surface area (Å²) in [5.74, 6) is -1.14. The number of Topliss-reactive ketones (excluding diaryl/α,β-unsaturated/α-hetero) is 1. The van der Waals surface area contributed by atoms with Crippen LogP contribution < -0.4 is 10.6 Å². The van der Waals surface area contributed by atoms with Crippen molar-refractivity contribution >= 4 is 23.5 Å². The molecule has 0 aliphatic rings. The zero-order valence-electron chi connectivity index (χ0n) is 9.90. The maximum Gasteiger partial charge on any atom is 0.319 e. The molecule has 0 heterocycles. The van der Waals surface area contributed by atoms with Crippen molar-refractivity contribution in [2.45, 2.75) is 13.3 Å².